The van der Waals surface area contributed by atoms with Gasteiger partial charge in [0.15, 0.2) is 0 Å². The number of hydrogen-bond acceptors (Lipinski definition) is 3. The van der Waals surface area contributed by atoms with E-state index in [9.17, 15) is 4.79 Å². The van der Waals surface area contributed by atoms with Crippen molar-refractivity contribution < 1.29 is 4.79 Å². The molecular formula is C15H16BrN3O. The van der Waals surface area contributed by atoms with Crippen molar-refractivity contribution in [2.24, 2.45) is 5.92 Å². The van der Waals surface area contributed by atoms with E-state index in [1.165, 1.54) is 5.56 Å². The van der Waals surface area contributed by atoms with E-state index in [0.717, 1.165) is 35.9 Å². The second-order valence-electron chi connectivity index (χ2n) is 5.19. The van der Waals surface area contributed by atoms with Crippen LogP contribution in [0, 0.1) is 5.92 Å². The smallest absolute Gasteiger partial charge is 0.222 e. The number of nitrogens with zero attached hydrogens (tertiary/aromatic N) is 3. The first-order valence-corrected chi connectivity index (χ1v) is 7.92. The maximum absolute atomic E-state index is 11.9. The Hall–Kier alpha value is -1.49. The maximum Gasteiger partial charge on any atom is 0.222 e. The van der Waals surface area contributed by atoms with Crippen LogP contribution in [0.1, 0.15) is 12.0 Å². The van der Waals surface area contributed by atoms with Gasteiger partial charge in [0.2, 0.25) is 5.91 Å². The summed E-state index contributed by atoms with van der Waals surface area (Å²) in [6.45, 7) is 1.66. The van der Waals surface area contributed by atoms with E-state index < -0.39 is 0 Å². The molecule has 3 rings (SSSR count). The lowest BCUT2D eigenvalue weighted by atomic mass is 10.1. The van der Waals surface area contributed by atoms with Gasteiger partial charge in [0, 0.05) is 37.2 Å². The van der Waals surface area contributed by atoms with Crippen LogP contribution < -0.4 is 0 Å². The van der Waals surface area contributed by atoms with Gasteiger partial charge in [0.1, 0.15) is 0 Å². The average Bonchev–Trinajstić information content (AvgIpc) is 2.85. The lowest BCUT2D eigenvalue weighted by Gasteiger charge is -2.16. The Morgan fingerprint density at radius 1 is 1.25 bits per heavy atom. The summed E-state index contributed by atoms with van der Waals surface area (Å²) in [5.74, 6) is 0.736. The van der Waals surface area contributed by atoms with Crippen molar-refractivity contribution in [1.82, 2.24) is 14.9 Å². The summed E-state index contributed by atoms with van der Waals surface area (Å²) in [4.78, 5) is 22.4. The molecule has 1 aliphatic heterocycles. The van der Waals surface area contributed by atoms with Gasteiger partial charge < -0.3 is 4.90 Å². The molecule has 5 heteroatoms. The molecule has 4 nitrogen and oxygen atoms in total. The minimum atomic E-state index is 0.273. The topological polar surface area (TPSA) is 46.1 Å². The summed E-state index contributed by atoms with van der Waals surface area (Å²) < 4.78 is 0. The summed E-state index contributed by atoms with van der Waals surface area (Å²) in [6.07, 6.45) is 4.95. The zero-order valence-corrected chi connectivity index (χ0v) is 12.7. The molecule has 1 atom stereocenters. The zero-order chi connectivity index (χ0) is 13.9. The Balaban J connectivity index is 1.66. The van der Waals surface area contributed by atoms with Crippen molar-refractivity contribution in [3.05, 3.63) is 36.2 Å². The number of hydrogen-bond donors (Lipinski definition) is 0. The number of halogens is 1. The summed E-state index contributed by atoms with van der Waals surface area (Å²) in [5.41, 5.74) is 3.03. The van der Waals surface area contributed by atoms with E-state index >= 15 is 0 Å². The molecule has 0 spiro atoms. The predicted octanol–water partition coefficient (Wildman–Crippen LogP) is 2.42. The standard InChI is InChI=1S/C15H16BrN3O/c16-9-12-8-15(20)19(10-12)6-3-11-1-2-13-14(7-11)18-5-4-17-13/h1-2,4-5,7,12H,3,6,8-10H2. The highest BCUT2D eigenvalue weighted by Crippen LogP contribution is 2.20. The second-order valence-corrected chi connectivity index (χ2v) is 5.84. The molecule has 104 valence electrons. The maximum atomic E-state index is 11.9. The molecule has 1 unspecified atom stereocenters. The first-order chi connectivity index (χ1) is 9.76. The Bertz CT molecular complexity index is 631. The summed E-state index contributed by atoms with van der Waals surface area (Å²) in [7, 11) is 0. The summed E-state index contributed by atoms with van der Waals surface area (Å²) in [6, 6.07) is 6.12. The van der Waals surface area contributed by atoms with Gasteiger partial charge >= 0.3 is 0 Å². The third-order valence-electron chi connectivity index (χ3n) is 3.72. The van der Waals surface area contributed by atoms with E-state index in [1.807, 2.05) is 11.0 Å². The Kier molecular flexibility index (Phi) is 3.96. The van der Waals surface area contributed by atoms with E-state index in [4.69, 9.17) is 0 Å². The third-order valence-corrected chi connectivity index (χ3v) is 4.63. The minimum Gasteiger partial charge on any atom is -0.342 e. The van der Waals surface area contributed by atoms with Crippen LogP contribution in [0.2, 0.25) is 0 Å². The van der Waals surface area contributed by atoms with Gasteiger partial charge in [-0.15, -0.1) is 0 Å². The van der Waals surface area contributed by atoms with Crippen LogP contribution in [-0.4, -0.2) is 39.2 Å². The molecule has 0 aliphatic carbocycles. The molecule has 2 heterocycles. The van der Waals surface area contributed by atoms with Crippen molar-refractivity contribution in [2.75, 3.05) is 18.4 Å². The van der Waals surface area contributed by atoms with Crippen molar-refractivity contribution in [2.45, 2.75) is 12.8 Å². The number of carbonyl (C=O) groups excluding carboxylic acids is 1. The first kappa shape index (κ1) is 13.5. The molecule has 20 heavy (non-hydrogen) atoms. The number of benzene rings is 1. The van der Waals surface area contributed by atoms with Gasteiger partial charge in [-0.1, -0.05) is 22.0 Å². The monoisotopic (exact) mass is 333 g/mol. The van der Waals surface area contributed by atoms with Crippen molar-refractivity contribution in [3.8, 4) is 0 Å². The van der Waals surface area contributed by atoms with Crippen LogP contribution >= 0.6 is 15.9 Å². The van der Waals surface area contributed by atoms with Crippen LogP contribution in [0.3, 0.4) is 0 Å². The lowest BCUT2D eigenvalue weighted by molar-refractivity contribution is -0.127. The highest BCUT2D eigenvalue weighted by atomic mass is 79.9. The highest BCUT2D eigenvalue weighted by Gasteiger charge is 2.28. The second kappa shape index (κ2) is 5.87. The number of aromatic nitrogens is 2. The van der Waals surface area contributed by atoms with Crippen molar-refractivity contribution in [3.63, 3.8) is 0 Å². The quantitative estimate of drug-likeness (QED) is 0.807. The molecule has 0 saturated carbocycles. The van der Waals surface area contributed by atoms with E-state index in [0.29, 0.717) is 12.3 Å². The third kappa shape index (κ3) is 2.82. The largest absolute Gasteiger partial charge is 0.342 e. The fraction of sp³-hybridized carbons (Fsp3) is 0.400. The number of carbonyl (C=O) groups is 1. The highest BCUT2D eigenvalue weighted by molar-refractivity contribution is 9.09. The molecule has 2 aromatic rings. The van der Waals surface area contributed by atoms with Crippen LogP contribution in [-0.2, 0) is 11.2 Å². The van der Waals surface area contributed by atoms with E-state index in [1.54, 1.807) is 12.4 Å². The molecule has 1 saturated heterocycles. The van der Waals surface area contributed by atoms with E-state index in [2.05, 4.69) is 38.0 Å². The van der Waals surface area contributed by atoms with Crippen LogP contribution in [0.4, 0.5) is 0 Å². The Morgan fingerprint density at radius 3 is 2.80 bits per heavy atom. The molecule has 0 radical (unpaired) electrons. The van der Waals surface area contributed by atoms with Crippen LogP contribution in [0.25, 0.3) is 11.0 Å². The molecular weight excluding hydrogens is 318 g/mol. The number of likely N-dealkylation sites (tertiary alicyclic amines) is 1. The molecule has 1 fully saturated rings. The van der Waals surface area contributed by atoms with Gasteiger partial charge in [-0.2, -0.15) is 0 Å². The van der Waals surface area contributed by atoms with Crippen molar-refractivity contribution >= 4 is 32.9 Å². The Morgan fingerprint density at radius 2 is 2.05 bits per heavy atom. The molecule has 0 bridgehead atoms. The summed E-state index contributed by atoms with van der Waals surface area (Å²) >= 11 is 3.46. The molecule has 1 amide bonds. The van der Waals surface area contributed by atoms with Gasteiger partial charge in [-0.3, -0.25) is 14.8 Å². The first-order valence-electron chi connectivity index (χ1n) is 6.79. The van der Waals surface area contributed by atoms with Crippen molar-refractivity contribution in [1.29, 1.82) is 0 Å². The summed E-state index contributed by atoms with van der Waals surface area (Å²) in [5, 5.41) is 0.904. The lowest BCUT2D eigenvalue weighted by Crippen LogP contribution is -2.27. The van der Waals surface area contributed by atoms with Crippen LogP contribution in [0.5, 0.6) is 0 Å². The molecule has 1 aliphatic rings. The number of fused-ring (bicyclic) bond motifs is 1. The van der Waals surface area contributed by atoms with Crippen LogP contribution in [0.15, 0.2) is 30.6 Å². The fourth-order valence-corrected chi connectivity index (χ4v) is 3.04. The molecule has 1 aromatic heterocycles. The Labute approximate surface area is 126 Å². The zero-order valence-electron chi connectivity index (χ0n) is 11.1. The molecule has 1 aromatic carbocycles. The van der Waals surface area contributed by atoms with Gasteiger partial charge in [0.25, 0.3) is 0 Å². The SMILES string of the molecule is O=C1CC(CBr)CN1CCc1ccc2nccnc2c1. The normalized spacial score (nSPS) is 18.9. The number of rotatable bonds is 4. The number of amides is 1. The minimum absolute atomic E-state index is 0.273. The van der Waals surface area contributed by atoms with Gasteiger partial charge in [0.05, 0.1) is 11.0 Å². The number of alkyl halides is 1. The van der Waals surface area contributed by atoms with Gasteiger partial charge in [-0.25, -0.2) is 0 Å². The average molecular weight is 334 g/mol. The molecule has 0 N–H and O–H groups in total. The van der Waals surface area contributed by atoms with E-state index in [-0.39, 0.29) is 5.91 Å². The predicted molar refractivity (Wildman–Crippen MR) is 81.7 cm³/mol. The fourth-order valence-electron chi connectivity index (χ4n) is 2.60. The van der Waals surface area contributed by atoms with Gasteiger partial charge in [-0.05, 0) is 30.0 Å².